The average Bonchev–Trinajstić information content (AvgIpc) is 2.81. The zero-order valence-electron chi connectivity index (χ0n) is 10.7. The number of hydrogen-bond acceptors (Lipinski definition) is 2. The van der Waals surface area contributed by atoms with Crippen molar-refractivity contribution in [3.63, 3.8) is 0 Å². The number of rotatable bonds is 5. The van der Waals surface area contributed by atoms with Crippen LogP contribution in [0.1, 0.15) is 24.8 Å². The van der Waals surface area contributed by atoms with Crippen LogP contribution >= 0.6 is 11.6 Å². The highest BCUT2D eigenvalue weighted by Crippen LogP contribution is 2.10. The van der Waals surface area contributed by atoms with Gasteiger partial charge in [0.1, 0.15) is 0 Å². The molecule has 4 nitrogen and oxygen atoms in total. The molecule has 0 radical (unpaired) electrons. The van der Waals surface area contributed by atoms with Gasteiger partial charge in [-0.2, -0.15) is 0 Å². The number of hydrogen-bond donors (Lipinski definition) is 1. The Hall–Kier alpha value is -1.55. The normalized spacial score (nSPS) is 14.8. The van der Waals surface area contributed by atoms with Crippen LogP contribution in [-0.2, 0) is 16.1 Å². The Balaban J connectivity index is 1.69. The van der Waals surface area contributed by atoms with Crippen molar-refractivity contribution in [1.29, 1.82) is 0 Å². The van der Waals surface area contributed by atoms with Gasteiger partial charge in [0, 0.05) is 37.5 Å². The van der Waals surface area contributed by atoms with Crippen LogP contribution in [0.3, 0.4) is 0 Å². The van der Waals surface area contributed by atoms with Gasteiger partial charge < -0.3 is 10.2 Å². The molecule has 19 heavy (non-hydrogen) atoms. The van der Waals surface area contributed by atoms with E-state index in [-0.39, 0.29) is 11.8 Å². The monoisotopic (exact) mass is 280 g/mol. The van der Waals surface area contributed by atoms with E-state index in [0.29, 0.717) is 31.0 Å². The molecule has 2 amide bonds. The number of amides is 2. The Kier molecular flexibility index (Phi) is 4.80. The highest BCUT2D eigenvalue weighted by Gasteiger charge is 2.20. The lowest BCUT2D eigenvalue weighted by atomic mass is 10.2. The summed E-state index contributed by atoms with van der Waals surface area (Å²) >= 11 is 5.79. The fourth-order valence-electron chi connectivity index (χ4n) is 2.07. The number of carbonyl (C=O) groups excluding carboxylic acids is 2. The molecule has 1 heterocycles. The molecule has 0 saturated carbocycles. The van der Waals surface area contributed by atoms with E-state index in [4.69, 9.17) is 11.6 Å². The fraction of sp³-hybridized carbons (Fsp3) is 0.429. The Morgan fingerprint density at radius 3 is 2.68 bits per heavy atom. The second-order valence-electron chi connectivity index (χ2n) is 4.64. The minimum Gasteiger partial charge on any atom is -0.352 e. The summed E-state index contributed by atoms with van der Waals surface area (Å²) in [7, 11) is 0. The molecule has 1 N–H and O–H groups in total. The van der Waals surface area contributed by atoms with Gasteiger partial charge in [-0.3, -0.25) is 9.59 Å². The molecule has 1 aliphatic rings. The van der Waals surface area contributed by atoms with Crippen LogP contribution < -0.4 is 5.32 Å². The number of carbonyl (C=O) groups is 2. The van der Waals surface area contributed by atoms with E-state index >= 15 is 0 Å². The molecule has 2 rings (SSSR count). The highest BCUT2D eigenvalue weighted by molar-refractivity contribution is 6.30. The van der Waals surface area contributed by atoms with Gasteiger partial charge in [-0.05, 0) is 24.1 Å². The molecular formula is C14H17ClN2O2. The van der Waals surface area contributed by atoms with Crippen molar-refractivity contribution in [3.8, 4) is 0 Å². The number of nitrogens with one attached hydrogen (secondary N) is 1. The maximum Gasteiger partial charge on any atom is 0.222 e. The largest absolute Gasteiger partial charge is 0.352 e. The molecule has 0 spiro atoms. The van der Waals surface area contributed by atoms with Crippen molar-refractivity contribution >= 4 is 23.4 Å². The second-order valence-corrected chi connectivity index (χ2v) is 5.07. The van der Waals surface area contributed by atoms with E-state index in [0.717, 1.165) is 18.5 Å². The van der Waals surface area contributed by atoms with Crippen LogP contribution in [0.4, 0.5) is 0 Å². The lowest BCUT2D eigenvalue weighted by molar-refractivity contribution is -0.128. The van der Waals surface area contributed by atoms with Crippen LogP contribution in [0.15, 0.2) is 24.3 Å². The maximum absolute atomic E-state index is 11.7. The third-order valence-corrected chi connectivity index (χ3v) is 3.44. The molecule has 0 aromatic heterocycles. The third-order valence-electron chi connectivity index (χ3n) is 3.18. The van der Waals surface area contributed by atoms with Gasteiger partial charge in [-0.15, -0.1) is 0 Å². The minimum atomic E-state index is -0.0327. The minimum absolute atomic E-state index is 0.0327. The highest BCUT2D eigenvalue weighted by atomic mass is 35.5. The molecule has 1 saturated heterocycles. The predicted octanol–water partition coefficient (Wildman–Crippen LogP) is 1.97. The fourth-order valence-corrected chi connectivity index (χ4v) is 2.19. The summed E-state index contributed by atoms with van der Waals surface area (Å²) in [5.41, 5.74) is 1.01. The lowest BCUT2D eigenvalue weighted by Crippen LogP contribution is -2.31. The van der Waals surface area contributed by atoms with E-state index in [2.05, 4.69) is 5.32 Å². The molecule has 0 aliphatic carbocycles. The van der Waals surface area contributed by atoms with E-state index < -0.39 is 0 Å². The van der Waals surface area contributed by atoms with E-state index in [1.54, 1.807) is 17.0 Å². The van der Waals surface area contributed by atoms with Gasteiger partial charge in [0.2, 0.25) is 11.8 Å². The summed E-state index contributed by atoms with van der Waals surface area (Å²) in [5, 5.41) is 3.52. The van der Waals surface area contributed by atoms with Crippen molar-refractivity contribution in [1.82, 2.24) is 10.2 Å². The zero-order chi connectivity index (χ0) is 13.7. The molecule has 1 aromatic rings. The van der Waals surface area contributed by atoms with Crippen molar-refractivity contribution in [2.24, 2.45) is 0 Å². The summed E-state index contributed by atoms with van der Waals surface area (Å²) in [6.45, 7) is 1.79. The first-order valence-electron chi connectivity index (χ1n) is 6.44. The van der Waals surface area contributed by atoms with Crippen molar-refractivity contribution in [2.75, 3.05) is 13.1 Å². The second kappa shape index (κ2) is 6.57. The van der Waals surface area contributed by atoms with Crippen molar-refractivity contribution in [2.45, 2.75) is 25.8 Å². The van der Waals surface area contributed by atoms with Crippen molar-refractivity contribution in [3.05, 3.63) is 34.9 Å². The first-order chi connectivity index (χ1) is 9.15. The Labute approximate surface area is 117 Å². The third kappa shape index (κ3) is 4.24. The molecule has 5 heteroatoms. The molecule has 1 fully saturated rings. The van der Waals surface area contributed by atoms with Gasteiger partial charge in [0.25, 0.3) is 0 Å². The molecular weight excluding hydrogens is 264 g/mol. The number of halogens is 1. The Bertz CT molecular complexity index is 459. The molecule has 0 bridgehead atoms. The molecule has 1 aliphatic heterocycles. The summed E-state index contributed by atoms with van der Waals surface area (Å²) in [5.74, 6) is 0.125. The number of nitrogens with zero attached hydrogens (tertiary/aromatic N) is 1. The Morgan fingerprint density at radius 1 is 1.32 bits per heavy atom. The van der Waals surface area contributed by atoms with Crippen LogP contribution in [0.5, 0.6) is 0 Å². The van der Waals surface area contributed by atoms with Gasteiger partial charge in [0.05, 0.1) is 0 Å². The summed E-state index contributed by atoms with van der Waals surface area (Å²) in [6, 6.07) is 7.36. The molecule has 0 unspecified atom stereocenters. The lowest BCUT2D eigenvalue weighted by Gasteiger charge is -2.14. The first kappa shape index (κ1) is 13.9. The van der Waals surface area contributed by atoms with Gasteiger partial charge >= 0.3 is 0 Å². The standard InChI is InChI=1S/C14H17ClN2O2/c15-12-5-3-11(4-6-12)10-16-13(18)7-9-17-8-1-2-14(17)19/h3-6H,1-2,7-10H2,(H,16,18). The zero-order valence-corrected chi connectivity index (χ0v) is 11.4. The molecule has 1 aromatic carbocycles. The molecule has 0 atom stereocenters. The summed E-state index contributed by atoms with van der Waals surface area (Å²) in [6.07, 6.45) is 1.89. The van der Waals surface area contributed by atoms with Gasteiger partial charge in [0.15, 0.2) is 0 Å². The summed E-state index contributed by atoms with van der Waals surface area (Å²) in [4.78, 5) is 24.8. The van der Waals surface area contributed by atoms with Gasteiger partial charge in [-0.25, -0.2) is 0 Å². The molecule has 102 valence electrons. The smallest absolute Gasteiger partial charge is 0.222 e. The number of benzene rings is 1. The quantitative estimate of drug-likeness (QED) is 0.896. The van der Waals surface area contributed by atoms with E-state index in [1.807, 2.05) is 12.1 Å². The Morgan fingerprint density at radius 2 is 2.05 bits per heavy atom. The van der Waals surface area contributed by atoms with Crippen LogP contribution in [-0.4, -0.2) is 29.8 Å². The van der Waals surface area contributed by atoms with Crippen LogP contribution in [0.25, 0.3) is 0 Å². The maximum atomic E-state index is 11.7. The number of likely N-dealkylation sites (tertiary alicyclic amines) is 1. The first-order valence-corrected chi connectivity index (χ1v) is 6.82. The van der Waals surface area contributed by atoms with Crippen LogP contribution in [0, 0.1) is 0 Å². The van der Waals surface area contributed by atoms with E-state index in [1.165, 1.54) is 0 Å². The topological polar surface area (TPSA) is 49.4 Å². The van der Waals surface area contributed by atoms with Crippen molar-refractivity contribution < 1.29 is 9.59 Å². The summed E-state index contributed by atoms with van der Waals surface area (Å²) < 4.78 is 0. The van der Waals surface area contributed by atoms with Gasteiger partial charge in [-0.1, -0.05) is 23.7 Å². The van der Waals surface area contributed by atoms with E-state index in [9.17, 15) is 9.59 Å². The average molecular weight is 281 g/mol. The predicted molar refractivity (Wildman–Crippen MR) is 73.7 cm³/mol. The van der Waals surface area contributed by atoms with Crippen LogP contribution in [0.2, 0.25) is 5.02 Å². The SMILES string of the molecule is O=C(CCN1CCCC1=O)NCc1ccc(Cl)cc1.